The van der Waals surface area contributed by atoms with Crippen LogP contribution in [-0.2, 0) is 4.43 Å². The van der Waals surface area contributed by atoms with Crippen LogP contribution in [0, 0.1) is 28.6 Å². The van der Waals surface area contributed by atoms with Gasteiger partial charge in [-0.05, 0) is 97.7 Å². The van der Waals surface area contributed by atoms with Crippen LogP contribution in [-0.4, -0.2) is 19.2 Å². The monoisotopic (exact) mass is 448 g/mol. The Bertz CT molecular complexity index is 805. The Morgan fingerprint density at radius 2 is 1.74 bits per heavy atom. The second-order valence-electron chi connectivity index (χ2n) is 13.3. The lowest BCUT2D eigenvalue weighted by Gasteiger charge is -2.59. The van der Waals surface area contributed by atoms with Gasteiger partial charge in [0.25, 0.3) is 0 Å². The summed E-state index contributed by atoms with van der Waals surface area (Å²) in [6.07, 6.45) is 10.3. The van der Waals surface area contributed by atoms with Gasteiger partial charge >= 0.3 is 0 Å². The van der Waals surface area contributed by atoms with E-state index in [0.29, 0.717) is 24.2 Å². The van der Waals surface area contributed by atoms with Crippen molar-refractivity contribution in [2.45, 2.75) is 117 Å². The number of hydrogen-bond acceptors (Lipinski definition) is 2. The van der Waals surface area contributed by atoms with Gasteiger partial charge in [-0.3, -0.25) is 0 Å². The first-order valence-electron chi connectivity index (χ1n) is 12.6. The number of rotatable bonds is 2. The molecule has 0 aliphatic heterocycles. The van der Waals surface area contributed by atoms with E-state index in [0.717, 1.165) is 44.1 Å². The van der Waals surface area contributed by atoms with Crippen molar-refractivity contribution < 1.29 is 13.9 Å². The van der Waals surface area contributed by atoms with Gasteiger partial charge in [-0.1, -0.05) is 46.3 Å². The highest BCUT2D eigenvalue weighted by Crippen LogP contribution is 2.67. The van der Waals surface area contributed by atoms with Gasteiger partial charge in [0.05, 0.1) is 5.83 Å². The predicted octanol–water partition coefficient (Wildman–Crippen LogP) is 7.90. The molecule has 0 saturated heterocycles. The minimum absolute atomic E-state index is 0.0581. The number of hydrogen-bond donors (Lipinski definition) is 1. The highest BCUT2D eigenvalue weighted by atomic mass is 28.4. The zero-order valence-corrected chi connectivity index (χ0v) is 22.2. The van der Waals surface area contributed by atoms with Crippen molar-refractivity contribution in [2.24, 2.45) is 28.6 Å². The molecule has 1 N–H and O–H groups in total. The third-order valence-electron chi connectivity index (χ3n) is 10.6. The molecule has 0 heterocycles. The average Bonchev–Trinajstić information content (AvgIpc) is 2.98. The Kier molecular flexibility index (Phi) is 5.56. The lowest BCUT2D eigenvalue weighted by atomic mass is 9.47. The molecule has 3 fully saturated rings. The maximum atomic E-state index is 14.3. The van der Waals surface area contributed by atoms with Gasteiger partial charge in [-0.15, -0.1) is 0 Å². The maximum Gasteiger partial charge on any atom is 0.195 e. The van der Waals surface area contributed by atoms with E-state index in [1.165, 1.54) is 12.0 Å². The average molecular weight is 449 g/mol. The van der Waals surface area contributed by atoms with Crippen LogP contribution in [0.25, 0.3) is 0 Å². The Balaban J connectivity index is 1.59. The number of halogens is 1. The summed E-state index contributed by atoms with van der Waals surface area (Å²) < 4.78 is 20.9. The van der Waals surface area contributed by atoms with E-state index in [1.54, 1.807) is 6.92 Å². The van der Waals surface area contributed by atoms with Crippen LogP contribution in [0.1, 0.15) is 92.9 Å². The van der Waals surface area contributed by atoms with Gasteiger partial charge < -0.3 is 9.53 Å². The van der Waals surface area contributed by atoms with Gasteiger partial charge in [0.15, 0.2) is 14.1 Å². The molecule has 2 nitrogen and oxygen atoms in total. The minimum atomic E-state index is -2.04. The minimum Gasteiger partial charge on any atom is -0.390 e. The summed E-state index contributed by atoms with van der Waals surface area (Å²) in [4.78, 5) is 0. The smallest absolute Gasteiger partial charge is 0.195 e. The third-order valence-corrected chi connectivity index (χ3v) is 15.1. The van der Waals surface area contributed by atoms with Crippen molar-refractivity contribution in [2.75, 3.05) is 0 Å². The van der Waals surface area contributed by atoms with Crippen LogP contribution in [0.3, 0.4) is 0 Å². The van der Waals surface area contributed by atoms with Crippen LogP contribution >= 0.6 is 0 Å². The third kappa shape index (κ3) is 3.63. The molecule has 176 valence electrons. The Hall–Kier alpha value is -0.453. The number of aliphatic hydroxyl groups is 1. The van der Waals surface area contributed by atoms with Crippen molar-refractivity contribution >= 4 is 8.32 Å². The molecule has 6 atom stereocenters. The molecule has 4 aliphatic carbocycles. The fraction of sp³-hybridized carbons (Fsp3) is 0.852. The van der Waals surface area contributed by atoms with Crippen molar-refractivity contribution in [3.8, 4) is 0 Å². The summed E-state index contributed by atoms with van der Waals surface area (Å²) in [5.74, 6) is 0.969. The highest BCUT2D eigenvalue weighted by Gasteiger charge is 2.59. The van der Waals surface area contributed by atoms with Gasteiger partial charge in [-0.2, -0.15) is 0 Å². The summed E-state index contributed by atoms with van der Waals surface area (Å²) in [5.41, 5.74) is 2.75. The van der Waals surface area contributed by atoms with Crippen molar-refractivity contribution in [1.82, 2.24) is 0 Å². The van der Waals surface area contributed by atoms with Crippen LogP contribution in [0.4, 0.5) is 4.39 Å². The van der Waals surface area contributed by atoms with Crippen LogP contribution in [0.2, 0.25) is 18.1 Å². The lowest BCUT2D eigenvalue weighted by Crippen LogP contribution is -2.55. The van der Waals surface area contributed by atoms with E-state index in [1.807, 2.05) is 0 Å². The van der Waals surface area contributed by atoms with E-state index in [9.17, 15) is 9.50 Å². The first kappa shape index (κ1) is 23.7. The molecule has 4 aliphatic rings. The van der Waals surface area contributed by atoms with E-state index in [4.69, 9.17) is 4.43 Å². The Morgan fingerprint density at radius 1 is 1.10 bits per heavy atom. The molecule has 4 heteroatoms. The molecule has 0 radical (unpaired) electrons. The Morgan fingerprint density at radius 3 is 2.35 bits per heavy atom. The van der Waals surface area contributed by atoms with Gasteiger partial charge in [0.2, 0.25) is 0 Å². The molecule has 3 saturated carbocycles. The Labute approximate surface area is 190 Å². The molecular formula is C27H45FO2Si. The first-order chi connectivity index (χ1) is 14.1. The summed E-state index contributed by atoms with van der Waals surface area (Å²) in [7, 11) is -2.04. The highest BCUT2D eigenvalue weighted by molar-refractivity contribution is 6.74. The predicted molar refractivity (Wildman–Crippen MR) is 129 cm³/mol. The van der Waals surface area contributed by atoms with Crippen molar-refractivity contribution in [3.63, 3.8) is 0 Å². The largest absolute Gasteiger partial charge is 0.390 e. The van der Waals surface area contributed by atoms with Gasteiger partial charge in [0.1, 0.15) is 0 Å². The SMILES string of the molecule is CC(F)=C1CC[C@H]2[C@@H]3CC=C4CC(O)(O[Si](C)(C)C(C)(C)C)CC[C@]4(C)[C@H]3CC[C@]12C. The summed E-state index contributed by atoms with van der Waals surface area (Å²) >= 11 is 0. The molecule has 1 unspecified atom stereocenters. The fourth-order valence-corrected chi connectivity index (χ4v) is 9.14. The summed E-state index contributed by atoms with van der Waals surface area (Å²) in [6.45, 7) is 17.7. The van der Waals surface area contributed by atoms with E-state index in [-0.39, 0.29) is 21.7 Å². The zero-order valence-electron chi connectivity index (χ0n) is 21.2. The molecule has 0 aromatic rings. The molecule has 0 bridgehead atoms. The van der Waals surface area contributed by atoms with Crippen molar-refractivity contribution in [1.29, 1.82) is 0 Å². The van der Waals surface area contributed by atoms with Crippen LogP contribution < -0.4 is 0 Å². The second kappa shape index (κ2) is 7.27. The number of allylic oxidation sites excluding steroid dienone is 3. The summed E-state index contributed by atoms with van der Waals surface area (Å²) in [6, 6.07) is 0. The standard InChI is InChI=1S/C27H45FO2Si/c1-18(28)21-11-12-22-20-10-9-19-17-27(29,30-31(7,8)24(2,3)4)16-15-25(19,5)23(20)13-14-26(21,22)6/h9,20,22-23,29H,10-17H2,1-8H3/t20-,22-,23-,25-,26+,27?/m0/s1. The maximum absolute atomic E-state index is 14.3. The lowest BCUT2D eigenvalue weighted by molar-refractivity contribution is -0.176. The van der Waals surface area contributed by atoms with Crippen molar-refractivity contribution in [3.05, 3.63) is 23.0 Å². The number of fused-ring (bicyclic) bond motifs is 5. The molecule has 4 rings (SSSR count). The second-order valence-corrected chi connectivity index (χ2v) is 18.0. The normalized spacial score (nSPS) is 44.8. The topological polar surface area (TPSA) is 29.5 Å². The van der Waals surface area contributed by atoms with Crippen LogP contribution in [0.5, 0.6) is 0 Å². The summed E-state index contributed by atoms with van der Waals surface area (Å²) in [5, 5.41) is 11.6. The van der Waals surface area contributed by atoms with Gasteiger partial charge in [0, 0.05) is 12.8 Å². The molecule has 0 aromatic carbocycles. The molecule has 0 amide bonds. The molecular weight excluding hydrogens is 403 g/mol. The quantitative estimate of drug-likeness (QED) is 0.264. The first-order valence-corrected chi connectivity index (χ1v) is 15.5. The fourth-order valence-electron chi connectivity index (χ4n) is 7.71. The van der Waals surface area contributed by atoms with E-state index < -0.39 is 14.1 Å². The van der Waals surface area contributed by atoms with Crippen LogP contribution in [0.15, 0.2) is 23.0 Å². The van der Waals surface area contributed by atoms with E-state index >= 15 is 0 Å². The molecule has 0 spiro atoms. The zero-order chi connectivity index (χ0) is 23.0. The molecule has 0 aromatic heterocycles. The van der Waals surface area contributed by atoms with Gasteiger partial charge in [-0.25, -0.2) is 4.39 Å². The van der Waals surface area contributed by atoms with E-state index in [2.05, 4.69) is 53.8 Å². The molecule has 31 heavy (non-hydrogen) atoms.